The maximum absolute atomic E-state index is 12.8. The summed E-state index contributed by atoms with van der Waals surface area (Å²) in [7, 11) is 3.42. The van der Waals surface area contributed by atoms with E-state index in [-0.39, 0.29) is 18.0 Å². The first-order chi connectivity index (χ1) is 12.1. The minimum Gasteiger partial charge on any atom is -0.337 e. The number of aromatic nitrogens is 3. The lowest BCUT2D eigenvalue weighted by atomic mass is 10.0. The van der Waals surface area contributed by atoms with Gasteiger partial charge < -0.3 is 15.1 Å². The molecule has 1 aliphatic rings. The average molecular weight is 342 g/mol. The fraction of sp³-hybridized carbons (Fsp3) is 0.412. The van der Waals surface area contributed by atoms with Crippen LogP contribution in [0.3, 0.4) is 0 Å². The van der Waals surface area contributed by atoms with Crippen molar-refractivity contribution in [3.05, 3.63) is 36.0 Å². The third-order valence-electron chi connectivity index (χ3n) is 4.31. The van der Waals surface area contributed by atoms with E-state index in [1.165, 1.54) is 4.90 Å². The van der Waals surface area contributed by atoms with Crippen LogP contribution >= 0.6 is 0 Å². The van der Waals surface area contributed by atoms with Gasteiger partial charge >= 0.3 is 6.03 Å². The maximum Gasteiger partial charge on any atom is 0.317 e. The molecule has 3 rings (SSSR count). The van der Waals surface area contributed by atoms with Crippen molar-refractivity contribution in [2.45, 2.75) is 18.9 Å². The van der Waals surface area contributed by atoms with E-state index in [0.29, 0.717) is 24.5 Å². The lowest BCUT2D eigenvalue weighted by Gasteiger charge is -2.32. The summed E-state index contributed by atoms with van der Waals surface area (Å²) in [4.78, 5) is 27.8. The van der Waals surface area contributed by atoms with Gasteiger partial charge in [0.25, 0.3) is 5.91 Å². The summed E-state index contributed by atoms with van der Waals surface area (Å²) in [6.45, 7) is 1.16. The molecule has 0 unspecified atom stereocenters. The first-order valence-electron chi connectivity index (χ1n) is 8.29. The Morgan fingerprint density at radius 3 is 2.48 bits per heavy atom. The Bertz CT molecular complexity index is 735. The van der Waals surface area contributed by atoms with Crippen molar-refractivity contribution in [1.82, 2.24) is 30.5 Å². The van der Waals surface area contributed by atoms with Gasteiger partial charge in [-0.2, -0.15) is 15.4 Å². The molecule has 1 saturated heterocycles. The molecule has 2 heterocycles. The van der Waals surface area contributed by atoms with Gasteiger partial charge in [-0.25, -0.2) is 4.79 Å². The third kappa shape index (κ3) is 3.78. The van der Waals surface area contributed by atoms with Crippen molar-refractivity contribution in [3.63, 3.8) is 0 Å². The number of piperidine rings is 1. The largest absolute Gasteiger partial charge is 0.337 e. The van der Waals surface area contributed by atoms with E-state index in [2.05, 4.69) is 20.7 Å². The molecule has 2 N–H and O–H groups in total. The Morgan fingerprint density at radius 1 is 1.16 bits per heavy atom. The second kappa shape index (κ2) is 7.33. The summed E-state index contributed by atoms with van der Waals surface area (Å²) in [6, 6.07) is 9.50. The molecule has 1 aliphatic heterocycles. The number of hydrogen-bond acceptors (Lipinski definition) is 4. The lowest BCUT2D eigenvalue weighted by Crippen LogP contribution is -2.48. The Kier molecular flexibility index (Phi) is 4.97. The predicted molar refractivity (Wildman–Crippen MR) is 93.0 cm³/mol. The van der Waals surface area contributed by atoms with Gasteiger partial charge in [-0.1, -0.05) is 30.3 Å². The van der Waals surface area contributed by atoms with Gasteiger partial charge in [0, 0.05) is 38.8 Å². The number of H-pyrrole nitrogens is 1. The van der Waals surface area contributed by atoms with Gasteiger partial charge in [-0.15, -0.1) is 0 Å². The van der Waals surface area contributed by atoms with Crippen molar-refractivity contribution in [1.29, 1.82) is 0 Å². The average Bonchev–Trinajstić information content (AvgIpc) is 3.12. The summed E-state index contributed by atoms with van der Waals surface area (Å²) in [6.07, 6.45) is 1.45. The van der Waals surface area contributed by atoms with Gasteiger partial charge in [-0.3, -0.25) is 4.79 Å². The predicted octanol–water partition coefficient (Wildman–Crippen LogP) is 1.35. The Hall–Kier alpha value is -2.90. The number of carbonyl (C=O) groups excluding carboxylic acids is 2. The zero-order valence-electron chi connectivity index (χ0n) is 14.4. The molecular formula is C17H22N6O2. The van der Waals surface area contributed by atoms with E-state index in [0.717, 1.165) is 18.4 Å². The van der Waals surface area contributed by atoms with Crippen LogP contribution in [-0.2, 0) is 0 Å². The number of benzene rings is 1. The summed E-state index contributed by atoms with van der Waals surface area (Å²) in [5.74, 6) is -0.134. The van der Waals surface area contributed by atoms with Gasteiger partial charge in [-0.05, 0) is 12.8 Å². The van der Waals surface area contributed by atoms with Gasteiger partial charge in [0.1, 0.15) is 5.69 Å². The molecule has 0 spiro atoms. The highest BCUT2D eigenvalue weighted by Crippen LogP contribution is 2.21. The number of aromatic amines is 1. The van der Waals surface area contributed by atoms with E-state index in [1.807, 2.05) is 30.3 Å². The van der Waals surface area contributed by atoms with Crippen molar-refractivity contribution in [2.75, 3.05) is 27.2 Å². The SMILES string of the molecule is CN(C)C(=O)NC1CCN(C(=O)c2n[nH]nc2-c2ccccc2)CC1. The molecule has 8 heteroatoms. The fourth-order valence-corrected chi connectivity index (χ4v) is 2.86. The highest BCUT2D eigenvalue weighted by Gasteiger charge is 2.28. The molecule has 3 amide bonds. The van der Waals surface area contributed by atoms with Crippen LogP contribution < -0.4 is 5.32 Å². The number of amides is 3. The number of rotatable bonds is 3. The third-order valence-corrected chi connectivity index (χ3v) is 4.31. The van der Waals surface area contributed by atoms with E-state index in [1.54, 1.807) is 19.0 Å². The molecule has 0 radical (unpaired) electrons. The smallest absolute Gasteiger partial charge is 0.317 e. The molecule has 0 aliphatic carbocycles. The topological polar surface area (TPSA) is 94.2 Å². The molecular weight excluding hydrogens is 320 g/mol. The standard InChI is InChI=1S/C17H22N6O2/c1-22(2)17(25)18-13-8-10-23(11-9-13)16(24)15-14(19-21-20-15)12-6-4-3-5-7-12/h3-7,13H,8-11H2,1-2H3,(H,18,25)(H,19,20,21). The number of likely N-dealkylation sites (tertiary alicyclic amines) is 1. The van der Waals surface area contributed by atoms with Crippen molar-refractivity contribution in [2.24, 2.45) is 0 Å². The van der Waals surface area contributed by atoms with Crippen LogP contribution in [0.2, 0.25) is 0 Å². The maximum atomic E-state index is 12.8. The Morgan fingerprint density at radius 2 is 1.84 bits per heavy atom. The first-order valence-corrected chi connectivity index (χ1v) is 8.29. The van der Waals surface area contributed by atoms with Crippen molar-refractivity contribution < 1.29 is 9.59 Å². The molecule has 1 fully saturated rings. The molecule has 0 atom stereocenters. The highest BCUT2D eigenvalue weighted by atomic mass is 16.2. The second-order valence-electron chi connectivity index (χ2n) is 6.30. The fourth-order valence-electron chi connectivity index (χ4n) is 2.86. The van der Waals surface area contributed by atoms with Crippen molar-refractivity contribution >= 4 is 11.9 Å². The number of urea groups is 1. The first kappa shape index (κ1) is 16.9. The van der Waals surface area contributed by atoms with Crippen LogP contribution in [0.5, 0.6) is 0 Å². The monoisotopic (exact) mass is 342 g/mol. The highest BCUT2D eigenvalue weighted by molar-refractivity contribution is 5.97. The normalized spacial score (nSPS) is 15.0. The van der Waals surface area contributed by atoms with Gasteiger partial charge in [0.2, 0.25) is 0 Å². The van der Waals surface area contributed by atoms with Crippen LogP contribution in [0.1, 0.15) is 23.3 Å². The molecule has 1 aromatic heterocycles. The molecule has 1 aromatic carbocycles. The number of carbonyl (C=O) groups is 2. The number of nitrogens with zero attached hydrogens (tertiary/aromatic N) is 4. The quantitative estimate of drug-likeness (QED) is 0.880. The molecule has 0 bridgehead atoms. The molecule has 0 saturated carbocycles. The van der Waals surface area contributed by atoms with Gasteiger partial charge in [0.05, 0.1) is 0 Å². The summed E-state index contributed by atoms with van der Waals surface area (Å²) in [5.41, 5.74) is 1.75. The van der Waals surface area contributed by atoms with E-state index < -0.39 is 0 Å². The summed E-state index contributed by atoms with van der Waals surface area (Å²) in [5, 5.41) is 13.7. The summed E-state index contributed by atoms with van der Waals surface area (Å²) < 4.78 is 0. The van der Waals surface area contributed by atoms with Gasteiger partial charge in [0.15, 0.2) is 5.69 Å². The number of nitrogens with one attached hydrogen (secondary N) is 2. The Balaban J connectivity index is 1.64. The molecule has 132 valence electrons. The number of hydrogen-bond donors (Lipinski definition) is 2. The van der Waals surface area contributed by atoms with Crippen molar-refractivity contribution in [3.8, 4) is 11.3 Å². The van der Waals surface area contributed by atoms with E-state index in [4.69, 9.17) is 0 Å². The summed E-state index contributed by atoms with van der Waals surface area (Å²) >= 11 is 0. The minimum atomic E-state index is -0.134. The van der Waals surface area contributed by atoms with Crippen LogP contribution in [0.4, 0.5) is 4.79 Å². The minimum absolute atomic E-state index is 0.0878. The lowest BCUT2D eigenvalue weighted by molar-refractivity contribution is 0.0702. The van der Waals surface area contributed by atoms with Crippen LogP contribution in [0.25, 0.3) is 11.3 Å². The van der Waals surface area contributed by atoms with Crippen LogP contribution in [-0.4, -0.2) is 70.4 Å². The zero-order valence-corrected chi connectivity index (χ0v) is 14.4. The molecule has 8 nitrogen and oxygen atoms in total. The zero-order chi connectivity index (χ0) is 17.8. The molecule has 2 aromatic rings. The second-order valence-corrected chi connectivity index (χ2v) is 6.30. The Labute approximate surface area is 146 Å². The van der Waals surface area contributed by atoms with E-state index in [9.17, 15) is 9.59 Å². The van der Waals surface area contributed by atoms with E-state index >= 15 is 0 Å². The molecule has 25 heavy (non-hydrogen) atoms. The van der Waals surface area contributed by atoms with Crippen LogP contribution in [0, 0.1) is 0 Å². The van der Waals surface area contributed by atoms with Crippen LogP contribution in [0.15, 0.2) is 30.3 Å².